The summed E-state index contributed by atoms with van der Waals surface area (Å²) >= 11 is 0. The maximum atomic E-state index is 12.5. The normalized spacial score (nSPS) is 29.2. The van der Waals surface area contributed by atoms with Crippen molar-refractivity contribution in [2.75, 3.05) is 52.9 Å². The van der Waals surface area contributed by atoms with E-state index in [9.17, 15) is 13.5 Å². The molecule has 2 N–H and O–H groups in total. The Hall–Kier alpha value is -1.00. The standard InChI is InChI=1S/C13H23N5O3S/c1-16-4-6-17(7-5-16)10-13(19)2-3-18(11-13)22(20,21)12-8-14-15-9-12/h8-9,19H,2-7,10-11H2,1H3,(H,14,15). The van der Waals surface area contributed by atoms with Crippen molar-refractivity contribution in [3.63, 3.8) is 0 Å². The highest BCUT2D eigenvalue weighted by atomic mass is 32.2. The zero-order valence-electron chi connectivity index (χ0n) is 12.8. The van der Waals surface area contributed by atoms with Crippen molar-refractivity contribution < 1.29 is 13.5 Å². The second-order valence-electron chi connectivity index (χ2n) is 6.33. The van der Waals surface area contributed by atoms with Crippen molar-refractivity contribution in [2.24, 2.45) is 0 Å². The second kappa shape index (κ2) is 5.89. The average molecular weight is 329 g/mol. The van der Waals surface area contributed by atoms with E-state index in [1.54, 1.807) is 0 Å². The van der Waals surface area contributed by atoms with Crippen molar-refractivity contribution in [1.29, 1.82) is 0 Å². The minimum absolute atomic E-state index is 0.146. The summed E-state index contributed by atoms with van der Waals surface area (Å²) in [4.78, 5) is 4.62. The number of nitrogens with zero attached hydrogens (tertiary/aromatic N) is 4. The molecule has 1 atom stereocenters. The molecule has 0 bridgehead atoms. The summed E-state index contributed by atoms with van der Waals surface area (Å²) in [6.07, 6.45) is 3.14. The van der Waals surface area contributed by atoms with Gasteiger partial charge in [0, 0.05) is 52.0 Å². The lowest BCUT2D eigenvalue weighted by atomic mass is 10.0. The van der Waals surface area contributed by atoms with Crippen molar-refractivity contribution in [3.05, 3.63) is 12.4 Å². The van der Waals surface area contributed by atoms with E-state index in [0.29, 0.717) is 19.5 Å². The number of H-pyrrole nitrogens is 1. The van der Waals surface area contributed by atoms with Gasteiger partial charge in [-0.25, -0.2) is 8.42 Å². The van der Waals surface area contributed by atoms with Gasteiger partial charge < -0.3 is 10.0 Å². The Bertz CT molecular complexity index is 597. The molecule has 1 aromatic rings. The van der Waals surface area contributed by atoms with E-state index in [1.165, 1.54) is 16.7 Å². The first kappa shape index (κ1) is 15.9. The van der Waals surface area contributed by atoms with Crippen LogP contribution in [0, 0.1) is 0 Å². The Balaban J connectivity index is 1.64. The average Bonchev–Trinajstić information content (AvgIpc) is 3.12. The van der Waals surface area contributed by atoms with Gasteiger partial charge in [-0.2, -0.15) is 9.40 Å². The first-order valence-corrected chi connectivity index (χ1v) is 8.95. The van der Waals surface area contributed by atoms with Crippen LogP contribution < -0.4 is 0 Å². The number of β-amino-alcohol motifs (C(OH)–C–C–N with tert-alkyl or cyclic N) is 1. The molecule has 2 aliphatic rings. The van der Waals surface area contributed by atoms with Crippen LogP contribution in [0.1, 0.15) is 6.42 Å². The molecule has 0 aromatic carbocycles. The molecule has 0 amide bonds. The molecular formula is C13H23N5O3S. The number of aromatic amines is 1. The molecule has 0 saturated carbocycles. The first-order valence-electron chi connectivity index (χ1n) is 7.51. The van der Waals surface area contributed by atoms with Gasteiger partial charge in [-0.3, -0.25) is 10.00 Å². The van der Waals surface area contributed by atoms with E-state index in [-0.39, 0.29) is 11.4 Å². The van der Waals surface area contributed by atoms with E-state index in [2.05, 4.69) is 27.0 Å². The third-order valence-electron chi connectivity index (χ3n) is 4.52. The molecule has 1 unspecified atom stereocenters. The van der Waals surface area contributed by atoms with Crippen molar-refractivity contribution in [1.82, 2.24) is 24.3 Å². The van der Waals surface area contributed by atoms with Crippen LogP contribution in [-0.2, 0) is 10.0 Å². The number of hydrogen-bond donors (Lipinski definition) is 2. The van der Waals surface area contributed by atoms with Gasteiger partial charge in [-0.1, -0.05) is 0 Å². The molecule has 2 fully saturated rings. The van der Waals surface area contributed by atoms with E-state index in [4.69, 9.17) is 0 Å². The van der Waals surface area contributed by atoms with Crippen LogP contribution in [0.3, 0.4) is 0 Å². The summed E-state index contributed by atoms with van der Waals surface area (Å²) < 4.78 is 26.3. The number of piperazine rings is 1. The van der Waals surface area contributed by atoms with Crippen LogP contribution in [0.15, 0.2) is 17.3 Å². The Morgan fingerprint density at radius 2 is 2.05 bits per heavy atom. The van der Waals surface area contributed by atoms with Crippen LogP contribution in [0.4, 0.5) is 0 Å². The topological polar surface area (TPSA) is 92.8 Å². The van der Waals surface area contributed by atoms with Crippen LogP contribution in [0.5, 0.6) is 0 Å². The third-order valence-corrected chi connectivity index (χ3v) is 6.33. The van der Waals surface area contributed by atoms with Gasteiger partial charge in [0.15, 0.2) is 0 Å². The van der Waals surface area contributed by atoms with E-state index in [0.717, 1.165) is 26.2 Å². The molecule has 0 radical (unpaired) electrons. The predicted octanol–water partition coefficient (Wildman–Crippen LogP) is -1.22. The Morgan fingerprint density at radius 3 is 2.68 bits per heavy atom. The third kappa shape index (κ3) is 3.18. The molecule has 22 heavy (non-hydrogen) atoms. The van der Waals surface area contributed by atoms with Crippen molar-refractivity contribution in [3.8, 4) is 0 Å². The SMILES string of the molecule is CN1CCN(CC2(O)CCN(S(=O)(=O)c3cn[nH]c3)C2)CC1. The molecule has 2 aliphatic heterocycles. The van der Waals surface area contributed by atoms with E-state index < -0.39 is 15.6 Å². The molecule has 9 heteroatoms. The lowest BCUT2D eigenvalue weighted by molar-refractivity contribution is 0.00424. The quantitative estimate of drug-likeness (QED) is 0.719. The number of sulfonamides is 1. The highest BCUT2D eigenvalue weighted by Gasteiger charge is 2.43. The van der Waals surface area contributed by atoms with Gasteiger partial charge in [0.05, 0.1) is 11.8 Å². The van der Waals surface area contributed by atoms with Gasteiger partial charge in [0.25, 0.3) is 0 Å². The largest absolute Gasteiger partial charge is 0.387 e. The fourth-order valence-electron chi connectivity index (χ4n) is 3.10. The highest BCUT2D eigenvalue weighted by Crippen LogP contribution is 2.27. The molecule has 124 valence electrons. The minimum atomic E-state index is -3.56. The second-order valence-corrected chi connectivity index (χ2v) is 8.26. The summed E-state index contributed by atoms with van der Waals surface area (Å²) in [6.45, 7) is 4.80. The molecule has 0 spiro atoms. The molecule has 0 aliphatic carbocycles. The van der Waals surface area contributed by atoms with E-state index >= 15 is 0 Å². The maximum Gasteiger partial charge on any atom is 0.246 e. The van der Waals surface area contributed by atoms with Crippen LogP contribution in [-0.4, -0.2) is 96.3 Å². The predicted molar refractivity (Wildman–Crippen MR) is 80.9 cm³/mol. The lowest BCUT2D eigenvalue weighted by Crippen LogP contribution is -2.52. The number of rotatable bonds is 4. The fraction of sp³-hybridized carbons (Fsp3) is 0.769. The Morgan fingerprint density at radius 1 is 1.32 bits per heavy atom. The summed E-state index contributed by atoms with van der Waals surface area (Å²) in [7, 11) is -1.48. The highest BCUT2D eigenvalue weighted by molar-refractivity contribution is 7.89. The number of aliphatic hydroxyl groups is 1. The monoisotopic (exact) mass is 329 g/mol. The van der Waals surface area contributed by atoms with Crippen LogP contribution >= 0.6 is 0 Å². The van der Waals surface area contributed by atoms with Gasteiger partial charge in [-0.05, 0) is 13.5 Å². The van der Waals surface area contributed by atoms with E-state index in [1.807, 2.05) is 0 Å². The first-order chi connectivity index (χ1) is 10.4. The summed E-state index contributed by atoms with van der Waals surface area (Å²) in [5.74, 6) is 0. The maximum absolute atomic E-state index is 12.5. The number of aromatic nitrogens is 2. The summed E-state index contributed by atoms with van der Waals surface area (Å²) in [5.41, 5.74) is -0.966. The number of hydrogen-bond acceptors (Lipinski definition) is 6. The Kier molecular flexibility index (Phi) is 4.25. The number of nitrogens with one attached hydrogen (secondary N) is 1. The van der Waals surface area contributed by atoms with Gasteiger partial charge in [0.2, 0.25) is 10.0 Å². The Labute approximate surface area is 130 Å². The van der Waals surface area contributed by atoms with Crippen LogP contribution in [0.25, 0.3) is 0 Å². The molecule has 3 rings (SSSR count). The molecular weight excluding hydrogens is 306 g/mol. The fourth-order valence-corrected chi connectivity index (χ4v) is 4.53. The van der Waals surface area contributed by atoms with Gasteiger partial charge in [-0.15, -0.1) is 0 Å². The van der Waals surface area contributed by atoms with Crippen molar-refractivity contribution in [2.45, 2.75) is 16.9 Å². The van der Waals surface area contributed by atoms with Crippen LogP contribution in [0.2, 0.25) is 0 Å². The zero-order valence-corrected chi connectivity index (χ0v) is 13.6. The van der Waals surface area contributed by atoms with Crippen molar-refractivity contribution >= 4 is 10.0 Å². The van der Waals surface area contributed by atoms with Gasteiger partial charge >= 0.3 is 0 Å². The smallest absolute Gasteiger partial charge is 0.246 e. The molecule has 3 heterocycles. The zero-order chi connectivity index (χ0) is 15.8. The summed E-state index contributed by atoms with van der Waals surface area (Å²) in [6, 6.07) is 0. The minimum Gasteiger partial charge on any atom is -0.387 e. The van der Waals surface area contributed by atoms with Gasteiger partial charge in [0.1, 0.15) is 4.90 Å². The molecule has 8 nitrogen and oxygen atoms in total. The summed E-state index contributed by atoms with van der Waals surface area (Å²) in [5, 5.41) is 17.0. The molecule has 1 aromatic heterocycles. The molecule has 2 saturated heterocycles. The lowest BCUT2D eigenvalue weighted by Gasteiger charge is -2.36. The number of likely N-dealkylation sites (N-methyl/N-ethyl adjacent to an activating group) is 1.